The van der Waals surface area contributed by atoms with Gasteiger partial charge in [-0.3, -0.25) is 9.79 Å². The summed E-state index contributed by atoms with van der Waals surface area (Å²) in [4.78, 5) is 17.3. The van der Waals surface area contributed by atoms with Gasteiger partial charge in [0.05, 0.1) is 17.0 Å². The Kier molecular flexibility index (Phi) is 9.78. The highest BCUT2D eigenvalue weighted by atomic mass is 32.2. The minimum atomic E-state index is -4.52. The molecule has 2 aromatic rings. The van der Waals surface area contributed by atoms with Crippen molar-refractivity contribution >= 4 is 21.8 Å². The second kappa shape index (κ2) is 12.5. The molecule has 0 spiro atoms. The van der Waals surface area contributed by atoms with Gasteiger partial charge < -0.3 is 10.6 Å². The minimum Gasteiger partial charge on any atom is -0.355 e. The van der Waals surface area contributed by atoms with Gasteiger partial charge in [0.2, 0.25) is 15.9 Å². The maximum atomic E-state index is 13.5. The van der Waals surface area contributed by atoms with Crippen LogP contribution in [0.2, 0.25) is 0 Å². The molecule has 0 radical (unpaired) electrons. The predicted molar refractivity (Wildman–Crippen MR) is 146 cm³/mol. The highest BCUT2D eigenvalue weighted by molar-refractivity contribution is 7.89. The highest BCUT2D eigenvalue weighted by Gasteiger charge is 2.42. The molecule has 12 heteroatoms. The number of carbonyl (C=O) groups is 1. The van der Waals surface area contributed by atoms with Crippen LogP contribution in [0.25, 0.3) is 0 Å². The number of halogens is 4. The van der Waals surface area contributed by atoms with Crippen LogP contribution in [0, 0.1) is 5.82 Å². The van der Waals surface area contributed by atoms with Gasteiger partial charge in [0, 0.05) is 19.1 Å². The van der Waals surface area contributed by atoms with Crippen molar-refractivity contribution in [2.24, 2.45) is 4.99 Å². The maximum absolute atomic E-state index is 13.5. The number of hydrogen-bond donors (Lipinski definition) is 2. The Morgan fingerprint density at radius 1 is 1.15 bits per heavy atom. The molecule has 0 aliphatic carbocycles. The van der Waals surface area contributed by atoms with Crippen LogP contribution < -0.4 is 10.6 Å². The molecule has 0 aromatic heterocycles. The number of amides is 1. The summed E-state index contributed by atoms with van der Waals surface area (Å²) in [6, 6.07) is 8.48. The van der Waals surface area contributed by atoms with Gasteiger partial charge in [0.25, 0.3) is 0 Å². The van der Waals surface area contributed by atoms with E-state index < -0.39 is 33.1 Å². The van der Waals surface area contributed by atoms with Crippen molar-refractivity contribution < 1.29 is 30.8 Å². The number of rotatable bonds is 12. The monoisotopic (exact) mass is 582 g/mol. The molecule has 1 aliphatic rings. The summed E-state index contributed by atoms with van der Waals surface area (Å²) in [6.45, 7) is 9.63. The van der Waals surface area contributed by atoms with Gasteiger partial charge in [-0.05, 0) is 74.2 Å². The van der Waals surface area contributed by atoms with Gasteiger partial charge in [-0.15, -0.1) is 0 Å². The molecule has 0 saturated heterocycles. The average Bonchev–Trinajstić information content (AvgIpc) is 3.32. The van der Waals surface area contributed by atoms with E-state index in [1.807, 2.05) is 20.8 Å². The van der Waals surface area contributed by atoms with E-state index in [9.17, 15) is 30.8 Å². The first kappa shape index (κ1) is 31.3. The van der Waals surface area contributed by atoms with Crippen LogP contribution in [0.5, 0.6) is 0 Å². The van der Waals surface area contributed by atoms with E-state index in [1.54, 1.807) is 0 Å². The highest BCUT2D eigenvalue weighted by Crippen LogP contribution is 2.30. The van der Waals surface area contributed by atoms with Crippen molar-refractivity contribution in [2.75, 3.05) is 13.1 Å². The first-order chi connectivity index (χ1) is 18.7. The molecule has 1 aliphatic heterocycles. The maximum Gasteiger partial charge on any atom is 0.416 e. The molecule has 2 N–H and O–H groups in total. The van der Waals surface area contributed by atoms with Crippen LogP contribution >= 0.6 is 0 Å². The summed E-state index contributed by atoms with van der Waals surface area (Å²) in [5.74, 6) is -0.385. The van der Waals surface area contributed by atoms with Gasteiger partial charge >= 0.3 is 6.18 Å². The lowest BCUT2D eigenvalue weighted by Crippen LogP contribution is -2.58. The molecule has 1 unspecified atom stereocenters. The third-order valence-electron chi connectivity index (χ3n) is 6.49. The van der Waals surface area contributed by atoms with Crippen LogP contribution in [0.3, 0.4) is 0 Å². The fourth-order valence-corrected chi connectivity index (χ4v) is 5.78. The van der Waals surface area contributed by atoms with Crippen molar-refractivity contribution in [2.45, 2.75) is 69.2 Å². The molecular weight excluding hydrogens is 548 g/mol. The normalized spacial score (nSPS) is 17.6. The summed E-state index contributed by atoms with van der Waals surface area (Å²) in [7, 11) is -4.15. The zero-order valence-electron chi connectivity index (χ0n) is 22.7. The standard InChI is InChI=1S/C28H34F4N4O3S/c1-5-15-27(26(37)34-19(2)3)18-33-25(35-27)20(4)14-16-36(40(38,39)24-12-10-23(29)11-13-24)17-21-6-8-22(9-7-21)28(30,31)32/h6-13,19H,4-5,14-18H2,1-3H3,(H,33,35)(H,34,37). The van der Waals surface area contributed by atoms with E-state index in [1.165, 1.54) is 12.1 Å². The Bertz CT molecular complexity index is 1340. The first-order valence-corrected chi connectivity index (χ1v) is 14.4. The molecule has 3 rings (SSSR count). The number of nitrogens with one attached hydrogen (secondary N) is 2. The van der Waals surface area contributed by atoms with Gasteiger partial charge in [0.1, 0.15) is 17.2 Å². The summed E-state index contributed by atoms with van der Waals surface area (Å²) in [5.41, 5.74) is -0.966. The van der Waals surface area contributed by atoms with Crippen LogP contribution in [-0.4, -0.2) is 49.1 Å². The fraction of sp³-hybridized carbons (Fsp3) is 0.429. The molecule has 0 bridgehead atoms. The van der Waals surface area contributed by atoms with E-state index in [4.69, 9.17) is 0 Å². The topological polar surface area (TPSA) is 90.9 Å². The lowest BCUT2D eigenvalue weighted by Gasteiger charge is -2.29. The largest absolute Gasteiger partial charge is 0.416 e. The molecule has 0 saturated carbocycles. The molecular formula is C28H34F4N4O3S. The Morgan fingerprint density at radius 3 is 2.33 bits per heavy atom. The summed E-state index contributed by atoms with van der Waals surface area (Å²) in [5, 5.41) is 6.12. The second-order valence-corrected chi connectivity index (χ2v) is 12.0. The van der Waals surface area contributed by atoms with E-state index in [0.717, 1.165) is 47.1 Å². The van der Waals surface area contributed by atoms with Gasteiger partial charge in [-0.1, -0.05) is 32.1 Å². The van der Waals surface area contributed by atoms with Crippen LogP contribution in [0.15, 0.2) is 70.6 Å². The zero-order chi connectivity index (χ0) is 29.7. The predicted octanol–water partition coefficient (Wildman–Crippen LogP) is 5.05. The summed E-state index contributed by atoms with van der Waals surface area (Å²) < 4.78 is 80.6. The number of aliphatic imine (C=N–C) groups is 1. The van der Waals surface area contributed by atoms with E-state index >= 15 is 0 Å². The number of alkyl halides is 3. The van der Waals surface area contributed by atoms with Gasteiger partial charge in [0.15, 0.2) is 0 Å². The van der Waals surface area contributed by atoms with Crippen molar-refractivity contribution in [3.8, 4) is 0 Å². The fourth-order valence-electron chi connectivity index (χ4n) is 4.35. The molecule has 1 heterocycles. The van der Waals surface area contributed by atoms with Crippen molar-refractivity contribution in [3.63, 3.8) is 0 Å². The van der Waals surface area contributed by atoms with E-state index in [2.05, 4.69) is 22.2 Å². The Morgan fingerprint density at radius 2 is 1.77 bits per heavy atom. The number of carbonyl (C=O) groups excluding carboxylic acids is 1. The zero-order valence-corrected chi connectivity index (χ0v) is 23.5. The first-order valence-electron chi connectivity index (χ1n) is 12.9. The van der Waals surface area contributed by atoms with Crippen molar-refractivity contribution in [3.05, 3.63) is 77.6 Å². The number of sulfonamides is 1. The number of nitrogens with zero attached hydrogens (tertiary/aromatic N) is 2. The SMILES string of the molecule is C=C(CCN(Cc1ccc(C(F)(F)F)cc1)S(=O)(=O)c1ccc(F)cc1)C1=NCC(CCC)(C(=O)NC(C)C)N1. The van der Waals surface area contributed by atoms with E-state index in [0.29, 0.717) is 23.4 Å². The Balaban J connectivity index is 1.81. The third-order valence-corrected chi connectivity index (χ3v) is 8.34. The van der Waals surface area contributed by atoms with E-state index in [-0.39, 0.29) is 42.9 Å². The molecule has 40 heavy (non-hydrogen) atoms. The molecule has 218 valence electrons. The molecule has 1 amide bonds. The molecule has 1 atom stereocenters. The lowest BCUT2D eigenvalue weighted by molar-refractivity contribution is -0.137. The van der Waals surface area contributed by atoms with Crippen molar-refractivity contribution in [1.82, 2.24) is 14.9 Å². The Labute approximate surface area is 232 Å². The third kappa shape index (κ3) is 7.48. The molecule has 0 fully saturated rings. The van der Waals surface area contributed by atoms with Crippen LogP contribution in [-0.2, 0) is 27.5 Å². The number of benzene rings is 2. The number of hydrogen-bond acceptors (Lipinski definition) is 5. The molecule has 7 nitrogen and oxygen atoms in total. The summed E-state index contributed by atoms with van der Waals surface area (Å²) >= 11 is 0. The molecule has 2 aromatic carbocycles. The minimum absolute atomic E-state index is 0.0642. The van der Waals surface area contributed by atoms with Crippen molar-refractivity contribution in [1.29, 1.82) is 0 Å². The average molecular weight is 583 g/mol. The summed E-state index contributed by atoms with van der Waals surface area (Å²) in [6.07, 6.45) is -3.14. The van der Waals surface area contributed by atoms with Crippen LogP contribution in [0.4, 0.5) is 17.6 Å². The Hall–Kier alpha value is -3.25. The second-order valence-electron chi connectivity index (χ2n) is 10.1. The smallest absolute Gasteiger partial charge is 0.355 e. The van der Waals surface area contributed by atoms with Gasteiger partial charge in [-0.25, -0.2) is 12.8 Å². The quantitative estimate of drug-likeness (QED) is 0.343. The van der Waals surface area contributed by atoms with Gasteiger partial charge in [-0.2, -0.15) is 17.5 Å². The van der Waals surface area contributed by atoms with Crippen LogP contribution in [0.1, 0.15) is 51.2 Å². The number of amidine groups is 1. The lowest BCUT2D eigenvalue weighted by atomic mass is 9.92.